The third-order valence-electron chi connectivity index (χ3n) is 6.20. The molecule has 2 bridgehead atoms. The van der Waals surface area contributed by atoms with Crippen molar-refractivity contribution < 1.29 is 22.7 Å². The Morgan fingerprint density at radius 2 is 1.90 bits per heavy atom. The number of amides is 1. The maximum Gasteiger partial charge on any atom is 0.423 e. The zero-order chi connectivity index (χ0) is 21.0. The van der Waals surface area contributed by atoms with E-state index in [2.05, 4.69) is 15.3 Å². The first kappa shape index (κ1) is 19.1. The molecule has 1 saturated carbocycles. The number of carbonyl (C=O) groups is 1. The summed E-state index contributed by atoms with van der Waals surface area (Å²) in [6, 6.07) is 5.90. The summed E-state index contributed by atoms with van der Waals surface area (Å²) in [5, 5.41) is 2.99. The first-order valence-electron chi connectivity index (χ1n) is 10.1. The van der Waals surface area contributed by atoms with Gasteiger partial charge in [0.15, 0.2) is 0 Å². The summed E-state index contributed by atoms with van der Waals surface area (Å²) in [4.78, 5) is 21.8. The number of alkyl halides is 3. The maximum absolute atomic E-state index is 13.3. The van der Waals surface area contributed by atoms with E-state index < -0.39 is 17.6 Å². The Bertz CT molecular complexity index is 1010. The van der Waals surface area contributed by atoms with Gasteiger partial charge in [0.1, 0.15) is 11.7 Å². The number of halogens is 3. The Hall–Kier alpha value is -2.84. The molecule has 1 amide bonds. The van der Waals surface area contributed by atoms with Gasteiger partial charge in [0, 0.05) is 18.8 Å². The number of aromatic nitrogens is 2. The van der Waals surface area contributed by atoms with E-state index in [-0.39, 0.29) is 30.0 Å². The van der Waals surface area contributed by atoms with Crippen LogP contribution in [0.25, 0.3) is 0 Å². The zero-order valence-corrected chi connectivity index (χ0v) is 16.4. The lowest BCUT2D eigenvalue weighted by molar-refractivity contribution is -0.140. The van der Waals surface area contributed by atoms with Crippen LogP contribution in [0.15, 0.2) is 24.4 Å². The highest BCUT2D eigenvalue weighted by atomic mass is 19.4. The molecule has 1 N–H and O–H groups in total. The second-order valence-electron chi connectivity index (χ2n) is 8.08. The van der Waals surface area contributed by atoms with Crippen LogP contribution >= 0.6 is 0 Å². The molecule has 3 aliphatic rings. The number of anilines is 2. The molecular weight excluding hydrogens is 397 g/mol. The topological polar surface area (TPSA) is 67.4 Å². The van der Waals surface area contributed by atoms with Crippen LogP contribution in [-0.2, 0) is 11.0 Å². The van der Waals surface area contributed by atoms with Gasteiger partial charge in [-0.15, -0.1) is 0 Å². The molecule has 1 aromatic carbocycles. The molecule has 1 aliphatic carbocycles. The van der Waals surface area contributed by atoms with Gasteiger partial charge in [-0.3, -0.25) is 4.79 Å². The van der Waals surface area contributed by atoms with Crippen molar-refractivity contribution in [2.75, 3.05) is 5.32 Å². The number of rotatable bonds is 4. The molecule has 1 aromatic heterocycles. The quantitative estimate of drug-likeness (QED) is 0.764. The Balaban J connectivity index is 1.42. The van der Waals surface area contributed by atoms with Crippen LogP contribution in [0.4, 0.5) is 24.8 Å². The van der Waals surface area contributed by atoms with E-state index in [1.165, 1.54) is 0 Å². The summed E-state index contributed by atoms with van der Waals surface area (Å²) in [6.07, 6.45) is 0.203. The summed E-state index contributed by atoms with van der Waals surface area (Å²) in [5.74, 6) is -0.339. The monoisotopic (exact) mass is 418 g/mol. The lowest BCUT2D eigenvalue weighted by atomic mass is 9.91. The molecule has 158 valence electrons. The average Bonchev–Trinajstić information content (AvgIpc) is 3.21. The van der Waals surface area contributed by atoms with Gasteiger partial charge in [0.05, 0.1) is 12.1 Å². The van der Waals surface area contributed by atoms with E-state index in [1.807, 2.05) is 23.1 Å². The summed E-state index contributed by atoms with van der Waals surface area (Å²) >= 11 is 0. The first-order chi connectivity index (χ1) is 14.3. The van der Waals surface area contributed by atoms with Gasteiger partial charge in [-0.05, 0) is 55.4 Å². The van der Waals surface area contributed by atoms with Crippen molar-refractivity contribution in [2.45, 2.75) is 63.4 Å². The molecule has 9 heteroatoms. The summed E-state index contributed by atoms with van der Waals surface area (Å²) in [7, 11) is 0. The highest BCUT2D eigenvalue weighted by molar-refractivity contribution is 5.77. The number of hydrogen-bond acceptors (Lipinski definition) is 5. The van der Waals surface area contributed by atoms with Crippen molar-refractivity contribution in [1.29, 1.82) is 0 Å². The van der Waals surface area contributed by atoms with Gasteiger partial charge < -0.3 is 15.0 Å². The Kier molecular flexibility index (Phi) is 4.37. The minimum atomic E-state index is -4.58. The standard InChI is InChI=1S/C21H21F3N4O2/c1-11(29)28-17-7-8-18(28)15-9-12(5-6-14(15)17)26-20-25-10-16(21(22,23)24)19(27-20)30-13-3-2-4-13/h5-6,9-10,13,17-18H,2-4,7-8H2,1H3,(H,25,26,27). The van der Waals surface area contributed by atoms with Gasteiger partial charge in [0.25, 0.3) is 0 Å². The fourth-order valence-electron chi connectivity index (χ4n) is 4.59. The van der Waals surface area contributed by atoms with Gasteiger partial charge in [-0.1, -0.05) is 6.07 Å². The SMILES string of the molecule is CC(=O)N1C2CCC1c1cc(Nc3ncc(C(F)(F)F)c(OC4CCC4)n3)ccc12. The molecular formula is C21H21F3N4O2. The molecule has 3 heterocycles. The maximum atomic E-state index is 13.3. The van der Waals surface area contributed by atoms with E-state index >= 15 is 0 Å². The van der Waals surface area contributed by atoms with E-state index in [0.29, 0.717) is 5.69 Å². The van der Waals surface area contributed by atoms with Crippen molar-refractivity contribution in [3.05, 3.63) is 41.1 Å². The largest absolute Gasteiger partial charge is 0.474 e. The predicted octanol–water partition coefficient (Wildman–Crippen LogP) is 4.91. The Morgan fingerprint density at radius 1 is 1.17 bits per heavy atom. The van der Waals surface area contributed by atoms with E-state index in [1.54, 1.807) is 6.92 Å². The van der Waals surface area contributed by atoms with Gasteiger partial charge in [0.2, 0.25) is 17.7 Å². The van der Waals surface area contributed by atoms with Crippen LogP contribution in [-0.4, -0.2) is 26.9 Å². The van der Waals surface area contributed by atoms with Crippen LogP contribution in [0.5, 0.6) is 5.88 Å². The van der Waals surface area contributed by atoms with Crippen molar-refractivity contribution in [1.82, 2.24) is 14.9 Å². The smallest absolute Gasteiger partial charge is 0.423 e. The summed E-state index contributed by atoms with van der Waals surface area (Å²) < 4.78 is 45.4. The van der Waals surface area contributed by atoms with E-state index in [9.17, 15) is 18.0 Å². The van der Waals surface area contributed by atoms with Gasteiger partial charge in [-0.2, -0.15) is 18.2 Å². The lowest BCUT2D eigenvalue weighted by Crippen LogP contribution is -2.26. The van der Waals surface area contributed by atoms with Crippen LogP contribution in [0.3, 0.4) is 0 Å². The highest BCUT2D eigenvalue weighted by Gasteiger charge is 2.45. The van der Waals surface area contributed by atoms with Crippen LogP contribution in [0.1, 0.15) is 67.8 Å². The average molecular weight is 418 g/mol. The minimum absolute atomic E-state index is 0.0452. The number of benzene rings is 1. The summed E-state index contributed by atoms with van der Waals surface area (Å²) in [5.41, 5.74) is 1.90. The second kappa shape index (κ2) is 6.85. The summed E-state index contributed by atoms with van der Waals surface area (Å²) in [6.45, 7) is 1.58. The van der Waals surface area contributed by atoms with Gasteiger partial charge in [-0.25, -0.2) is 4.98 Å². The third-order valence-corrected chi connectivity index (χ3v) is 6.20. The fourth-order valence-corrected chi connectivity index (χ4v) is 4.59. The molecule has 2 aromatic rings. The number of nitrogens with zero attached hydrogens (tertiary/aromatic N) is 3. The molecule has 2 unspecified atom stereocenters. The molecule has 2 atom stereocenters. The Morgan fingerprint density at radius 3 is 2.53 bits per heavy atom. The molecule has 2 aliphatic heterocycles. The van der Waals surface area contributed by atoms with Crippen molar-refractivity contribution in [3.8, 4) is 5.88 Å². The highest BCUT2D eigenvalue weighted by Crippen LogP contribution is 2.53. The van der Waals surface area contributed by atoms with Crippen molar-refractivity contribution in [3.63, 3.8) is 0 Å². The number of ether oxygens (including phenoxy) is 1. The number of fused-ring (bicyclic) bond motifs is 5. The van der Waals surface area contributed by atoms with Gasteiger partial charge >= 0.3 is 6.18 Å². The fraction of sp³-hybridized carbons (Fsp3) is 0.476. The second-order valence-corrected chi connectivity index (χ2v) is 8.08. The molecule has 0 spiro atoms. The van der Waals surface area contributed by atoms with Crippen molar-refractivity contribution in [2.24, 2.45) is 0 Å². The van der Waals surface area contributed by atoms with Crippen LogP contribution < -0.4 is 10.1 Å². The zero-order valence-electron chi connectivity index (χ0n) is 16.4. The number of nitrogens with one attached hydrogen (secondary N) is 1. The molecule has 6 nitrogen and oxygen atoms in total. The van der Waals surface area contributed by atoms with Crippen LogP contribution in [0.2, 0.25) is 0 Å². The minimum Gasteiger partial charge on any atom is -0.474 e. The van der Waals surface area contributed by atoms with Crippen molar-refractivity contribution >= 4 is 17.5 Å². The molecule has 2 fully saturated rings. The third kappa shape index (κ3) is 3.16. The van der Waals surface area contributed by atoms with Crippen LogP contribution in [0, 0.1) is 0 Å². The van der Waals surface area contributed by atoms with E-state index in [4.69, 9.17) is 4.74 Å². The molecule has 1 saturated heterocycles. The predicted molar refractivity (Wildman–Crippen MR) is 102 cm³/mol. The number of carbonyl (C=O) groups excluding carboxylic acids is 1. The first-order valence-corrected chi connectivity index (χ1v) is 10.1. The molecule has 0 radical (unpaired) electrons. The molecule has 5 rings (SSSR count). The number of hydrogen-bond donors (Lipinski definition) is 1. The Labute approximate surface area is 171 Å². The lowest BCUT2D eigenvalue weighted by Gasteiger charge is -2.27. The van der Waals surface area contributed by atoms with E-state index in [0.717, 1.165) is 49.4 Å². The normalized spacial score (nSPS) is 22.6. The molecule has 30 heavy (non-hydrogen) atoms.